The fraction of sp³-hybridized carbons (Fsp3) is 0.667. The normalized spacial score (nSPS) is 27.4. The number of hydrogen-bond donors (Lipinski definition) is 1. The Morgan fingerprint density at radius 2 is 2.20 bits per heavy atom. The second kappa shape index (κ2) is 6.00. The molecule has 2 saturated heterocycles. The van der Waals surface area contributed by atoms with Crippen LogP contribution in [0.1, 0.15) is 37.4 Å². The van der Waals surface area contributed by atoms with Crippen LogP contribution in [-0.2, 0) is 4.74 Å². The molecule has 1 aromatic rings. The summed E-state index contributed by atoms with van der Waals surface area (Å²) in [6.07, 6.45) is 5.47. The highest BCUT2D eigenvalue weighted by Gasteiger charge is 2.40. The predicted molar refractivity (Wildman–Crippen MR) is 79.1 cm³/mol. The third-order valence-electron chi connectivity index (χ3n) is 4.53. The fourth-order valence-corrected chi connectivity index (χ4v) is 4.53. The van der Waals surface area contributed by atoms with Crippen LogP contribution in [0.5, 0.6) is 0 Å². The molecule has 20 heavy (non-hydrogen) atoms. The molecule has 2 N–H and O–H groups in total. The number of nitrogens with zero attached hydrogens (tertiary/aromatic N) is 1. The molecule has 0 aromatic carbocycles. The molecule has 3 heterocycles. The van der Waals surface area contributed by atoms with Crippen molar-refractivity contribution in [3.05, 3.63) is 29.8 Å². The predicted octanol–water partition coefficient (Wildman–Crippen LogP) is 2.91. The molecule has 3 rings (SSSR count). The molecule has 5 heteroatoms. The standard InChI is InChI=1S/C15H21FN2OS/c16-12-1-2-13(18-10-12)14(17)11-3-6-19-15(9-11)4-7-20-8-5-15/h1-2,10-11,14H,3-9,17H2. The van der Waals surface area contributed by atoms with Gasteiger partial charge in [0.05, 0.1) is 23.5 Å². The van der Waals surface area contributed by atoms with Gasteiger partial charge in [-0.25, -0.2) is 4.39 Å². The van der Waals surface area contributed by atoms with Gasteiger partial charge >= 0.3 is 0 Å². The van der Waals surface area contributed by atoms with Gasteiger partial charge < -0.3 is 10.5 Å². The molecule has 0 aliphatic carbocycles. The quantitative estimate of drug-likeness (QED) is 0.911. The van der Waals surface area contributed by atoms with Crippen LogP contribution in [0.25, 0.3) is 0 Å². The Morgan fingerprint density at radius 3 is 2.90 bits per heavy atom. The molecule has 110 valence electrons. The first-order valence-electron chi connectivity index (χ1n) is 7.27. The molecule has 2 aliphatic rings. The van der Waals surface area contributed by atoms with E-state index >= 15 is 0 Å². The third-order valence-corrected chi connectivity index (χ3v) is 5.52. The summed E-state index contributed by atoms with van der Waals surface area (Å²) in [5.74, 6) is 2.42. The fourth-order valence-electron chi connectivity index (χ4n) is 3.29. The van der Waals surface area contributed by atoms with Crippen LogP contribution in [0.4, 0.5) is 4.39 Å². The van der Waals surface area contributed by atoms with E-state index in [1.165, 1.54) is 23.8 Å². The van der Waals surface area contributed by atoms with E-state index < -0.39 is 0 Å². The van der Waals surface area contributed by atoms with Crippen LogP contribution in [0, 0.1) is 11.7 Å². The summed E-state index contributed by atoms with van der Waals surface area (Å²) >= 11 is 2.00. The van der Waals surface area contributed by atoms with Crippen molar-refractivity contribution in [1.29, 1.82) is 0 Å². The number of hydrogen-bond acceptors (Lipinski definition) is 4. The van der Waals surface area contributed by atoms with Crippen LogP contribution in [0.2, 0.25) is 0 Å². The van der Waals surface area contributed by atoms with Crippen molar-refractivity contribution >= 4 is 11.8 Å². The monoisotopic (exact) mass is 296 g/mol. The Bertz CT molecular complexity index is 442. The zero-order valence-electron chi connectivity index (χ0n) is 11.6. The zero-order chi connectivity index (χ0) is 14.0. The SMILES string of the molecule is NC(c1ccc(F)cn1)C1CCOC2(CCSCC2)C1. The van der Waals surface area contributed by atoms with Gasteiger partial charge in [-0.05, 0) is 55.2 Å². The molecule has 1 aromatic heterocycles. The van der Waals surface area contributed by atoms with E-state index in [0.717, 1.165) is 38.0 Å². The lowest BCUT2D eigenvalue weighted by molar-refractivity contribution is -0.106. The highest BCUT2D eigenvalue weighted by atomic mass is 32.2. The minimum absolute atomic E-state index is 0.0335. The molecule has 0 radical (unpaired) electrons. The molecule has 3 nitrogen and oxygen atoms in total. The van der Waals surface area contributed by atoms with Gasteiger partial charge in [-0.2, -0.15) is 11.8 Å². The largest absolute Gasteiger partial charge is 0.375 e. The number of nitrogens with two attached hydrogens (primary N) is 1. The van der Waals surface area contributed by atoms with Crippen LogP contribution in [0.15, 0.2) is 18.3 Å². The minimum Gasteiger partial charge on any atom is -0.375 e. The van der Waals surface area contributed by atoms with Gasteiger partial charge in [0, 0.05) is 6.61 Å². The lowest BCUT2D eigenvalue weighted by atomic mass is 9.78. The van der Waals surface area contributed by atoms with E-state index in [-0.39, 0.29) is 17.5 Å². The Labute approximate surface area is 123 Å². The summed E-state index contributed by atoms with van der Waals surface area (Å²) in [6.45, 7) is 0.782. The van der Waals surface area contributed by atoms with Gasteiger partial charge in [0.25, 0.3) is 0 Å². The van der Waals surface area contributed by atoms with Crippen molar-refractivity contribution in [2.45, 2.75) is 37.3 Å². The summed E-state index contributed by atoms with van der Waals surface area (Å²) < 4.78 is 19.0. The molecule has 0 bridgehead atoms. The summed E-state index contributed by atoms with van der Waals surface area (Å²) in [5.41, 5.74) is 7.19. The van der Waals surface area contributed by atoms with Gasteiger partial charge in [0.2, 0.25) is 0 Å². The first-order chi connectivity index (χ1) is 9.69. The van der Waals surface area contributed by atoms with Crippen molar-refractivity contribution in [3.8, 4) is 0 Å². The van der Waals surface area contributed by atoms with Gasteiger partial charge in [0.1, 0.15) is 5.82 Å². The summed E-state index contributed by atoms with van der Waals surface area (Å²) in [5, 5.41) is 0. The molecule has 2 aliphatic heterocycles. The molecule has 0 saturated carbocycles. The van der Waals surface area contributed by atoms with Crippen LogP contribution < -0.4 is 5.73 Å². The molecule has 1 spiro atoms. The number of aromatic nitrogens is 1. The maximum absolute atomic E-state index is 13.0. The second-order valence-corrected chi connectivity index (χ2v) is 7.05. The van der Waals surface area contributed by atoms with Gasteiger partial charge in [-0.3, -0.25) is 4.98 Å². The van der Waals surface area contributed by atoms with Crippen molar-refractivity contribution in [2.24, 2.45) is 11.7 Å². The maximum Gasteiger partial charge on any atom is 0.141 e. The van der Waals surface area contributed by atoms with Crippen molar-refractivity contribution in [3.63, 3.8) is 0 Å². The Morgan fingerprint density at radius 1 is 1.40 bits per heavy atom. The summed E-state index contributed by atoms with van der Waals surface area (Å²) in [4.78, 5) is 4.14. The molecule has 0 amide bonds. The molecular weight excluding hydrogens is 275 g/mol. The van der Waals surface area contributed by atoms with E-state index in [2.05, 4.69) is 4.98 Å². The van der Waals surface area contributed by atoms with Crippen molar-refractivity contribution in [2.75, 3.05) is 18.1 Å². The average molecular weight is 296 g/mol. The highest BCUT2D eigenvalue weighted by Crippen LogP contribution is 2.42. The topological polar surface area (TPSA) is 48.1 Å². The van der Waals surface area contributed by atoms with Crippen LogP contribution in [-0.4, -0.2) is 28.7 Å². The van der Waals surface area contributed by atoms with Gasteiger partial charge in [-0.15, -0.1) is 0 Å². The van der Waals surface area contributed by atoms with Crippen molar-refractivity contribution < 1.29 is 9.13 Å². The van der Waals surface area contributed by atoms with E-state index in [1.54, 1.807) is 6.07 Å². The Kier molecular flexibility index (Phi) is 4.29. The number of thioether (sulfide) groups is 1. The smallest absolute Gasteiger partial charge is 0.141 e. The first-order valence-corrected chi connectivity index (χ1v) is 8.43. The summed E-state index contributed by atoms with van der Waals surface area (Å²) in [7, 11) is 0. The van der Waals surface area contributed by atoms with E-state index in [4.69, 9.17) is 10.5 Å². The lowest BCUT2D eigenvalue weighted by Crippen LogP contribution is -2.45. The van der Waals surface area contributed by atoms with Crippen LogP contribution in [0.3, 0.4) is 0 Å². The number of ether oxygens (including phenoxy) is 1. The molecule has 2 fully saturated rings. The first kappa shape index (κ1) is 14.3. The van der Waals surface area contributed by atoms with E-state index in [1.807, 2.05) is 11.8 Å². The zero-order valence-corrected chi connectivity index (χ0v) is 12.4. The summed E-state index contributed by atoms with van der Waals surface area (Å²) in [6, 6.07) is 3.03. The maximum atomic E-state index is 13.0. The van der Waals surface area contributed by atoms with Crippen molar-refractivity contribution in [1.82, 2.24) is 4.98 Å². The minimum atomic E-state index is -0.311. The molecular formula is C15H21FN2OS. The van der Waals surface area contributed by atoms with Gasteiger partial charge in [-0.1, -0.05) is 0 Å². The number of halogens is 1. The average Bonchev–Trinajstić information content (AvgIpc) is 2.48. The third kappa shape index (κ3) is 3.00. The Balaban J connectivity index is 1.71. The number of pyridine rings is 1. The number of rotatable bonds is 2. The molecule has 2 atom stereocenters. The highest BCUT2D eigenvalue weighted by molar-refractivity contribution is 7.99. The Hall–Kier alpha value is -0.650. The van der Waals surface area contributed by atoms with E-state index in [0.29, 0.717) is 5.92 Å². The van der Waals surface area contributed by atoms with Crippen LogP contribution >= 0.6 is 11.8 Å². The molecule has 2 unspecified atom stereocenters. The van der Waals surface area contributed by atoms with Gasteiger partial charge in [0.15, 0.2) is 0 Å². The lowest BCUT2D eigenvalue weighted by Gasteiger charge is -2.44. The second-order valence-electron chi connectivity index (χ2n) is 5.82. The van der Waals surface area contributed by atoms with E-state index in [9.17, 15) is 4.39 Å².